The van der Waals surface area contributed by atoms with Gasteiger partial charge in [-0.1, -0.05) is 0 Å². The molecule has 1 aromatic rings. The zero-order valence-electron chi connectivity index (χ0n) is 10.3. The van der Waals surface area contributed by atoms with Crippen molar-refractivity contribution in [3.63, 3.8) is 0 Å². The Morgan fingerprint density at radius 3 is 2.89 bits per heavy atom. The van der Waals surface area contributed by atoms with E-state index < -0.39 is 12.0 Å². The summed E-state index contributed by atoms with van der Waals surface area (Å²) in [5.74, 6) is -1.27. The first-order valence-corrected chi connectivity index (χ1v) is 5.72. The molecule has 4 N–H and O–H groups in total. The fraction of sp³-hybridized carbons (Fsp3) is 0.545. The van der Waals surface area contributed by atoms with Gasteiger partial charge in [0.2, 0.25) is 5.91 Å². The van der Waals surface area contributed by atoms with Crippen molar-refractivity contribution in [3.05, 3.63) is 18.0 Å². The van der Waals surface area contributed by atoms with E-state index in [0.717, 1.165) is 5.69 Å². The number of carboxylic acids is 1. The molecule has 7 heteroatoms. The molecule has 0 saturated heterocycles. The molecule has 1 amide bonds. The second-order valence-electron chi connectivity index (χ2n) is 4.03. The van der Waals surface area contributed by atoms with Crippen LogP contribution in [0.4, 0.5) is 0 Å². The van der Waals surface area contributed by atoms with Crippen LogP contribution in [-0.4, -0.2) is 39.4 Å². The quantitative estimate of drug-likeness (QED) is 0.594. The summed E-state index contributed by atoms with van der Waals surface area (Å²) in [5, 5.41) is 15.2. The number of aryl methyl sites for hydroxylation is 1. The van der Waals surface area contributed by atoms with E-state index in [0.29, 0.717) is 13.0 Å². The van der Waals surface area contributed by atoms with E-state index in [9.17, 15) is 9.59 Å². The molecule has 0 aliphatic carbocycles. The average molecular weight is 254 g/mol. The Balaban J connectivity index is 2.24. The van der Waals surface area contributed by atoms with Gasteiger partial charge in [-0.05, 0) is 12.5 Å². The average Bonchev–Trinajstić information content (AvgIpc) is 2.72. The van der Waals surface area contributed by atoms with Gasteiger partial charge in [-0.2, -0.15) is 5.10 Å². The highest BCUT2D eigenvalue weighted by atomic mass is 16.4. The van der Waals surface area contributed by atoms with Crippen LogP contribution in [0, 0.1) is 0 Å². The SMILES string of the molecule is Cn1nccc1CCNC(=O)C(N)CCC(=O)O. The minimum absolute atomic E-state index is 0.101. The number of hydrogen-bond acceptors (Lipinski definition) is 4. The van der Waals surface area contributed by atoms with Gasteiger partial charge < -0.3 is 16.2 Å². The summed E-state index contributed by atoms with van der Waals surface area (Å²) in [7, 11) is 1.83. The summed E-state index contributed by atoms with van der Waals surface area (Å²) in [6.07, 6.45) is 2.40. The summed E-state index contributed by atoms with van der Waals surface area (Å²) < 4.78 is 1.73. The van der Waals surface area contributed by atoms with Gasteiger partial charge in [0.25, 0.3) is 0 Å². The van der Waals surface area contributed by atoms with Gasteiger partial charge in [0, 0.05) is 38.3 Å². The summed E-state index contributed by atoms with van der Waals surface area (Å²) in [4.78, 5) is 21.9. The molecule has 1 aromatic heterocycles. The first-order valence-electron chi connectivity index (χ1n) is 5.72. The Morgan fingerprint density at radius 1 is 1.61 bits per heavy atom. The Kier molecular flexibility index (Phi) is 5.31. The van der Waals surface area contributed by atoms with Crippen LogP contribution in [0.5, 0.6) is 0 Å². The smallest absolute Gasteiger partial charge is 0.303 e. The third-order valence-corrected chi connectivity index (χ3v) is 2.61. The van der Waals surface area contributed by atoms with Crippen LogP contribution in [0.3, 0.4) is 0 Å². The molecule has 1 atom stereocenters. The highest BCUT2D eigenvalue weighted by Gasteiger charge is 2.14. The zero-order chi connectivity index (χ0) is 13.5. The van der Waals surface area contributed by atoms with Crippen LogP contribution in [0.15, 0.2) is 12.3 Å². The van der Waals surface area contributed by atoms with Crippen LogP contribution in [-0.2, 0) is 23.1 Å². The minimum atomic E-state index is -0.951. The molecule has 0 bridgehead atoms. The van der Waals surface area contributed by atoms with E-state index >= 15 is 0 Å². The van der Waals surface area contributed by atoms with Crippen LogP contribution in [0.1, 0.15) is 18.5 Å². The maximum atomic E-state index is 11.5. The number of carbonyl (C=O) groups excluding carboxylic acids is 1. The molecule has 1 rings (SSSR count). The van der Waals surface area contributed by atoms with Gasteiger partial charge in [0.05, 0.1) is 6.04 Å². The standard InChI is InChI=1S/C11H18N4O3/c1-15-8(5-7-14-15)4-6-13-11(18)9(12)2-3-10(16)17/h5,7,9H,2-4,6,12H2,1H3,(H,13,18)(H,16,17). The van der Waals surface area contributed by atoms with E-state index in [1.165, 1.54) is 0 Å². The van der Waals surface area contributed by atoms with E-state index in [1.54, 1.807) is 10.9 Å². The molecule has 0 saturated carbocycles. The van der Waals surface area contributed by atoms with Crippen molar-refractivity contribution >= 4 is 11.9 Å². The molecule has 0 aromatic carbocycles. The Morgan fingerprint density at radius 2 is 2.33 bits per heavy atom. The number of aromatic nitrogens is 2. The minimum Gasteiger partial charge on any atom is -0.481 e. The Hall–Kier alpha value is -1.89. The number of nitrogens with two attached hydrogens (primary N) is 1. The lowest BCUT2D eigenvalue weighted by Gasteiger charge is -2.11. The molecule has 100 valence electrons. The highest BCUT2D eigenvalue weighted by Crippen LogP contribution is 1.97. The maximum absolute atomic E-state index is 11.5. The van der Waals surface area contributed by atoms with Gasteiger partial charge >= 0.3 is 5.97 Å². The number of aliphatic carboxylic acids is 1. The Bertz CT molecular complexity index is 416. The fourth-order valence-corrected chi connectivity index (χ4v) is 1.50. The van der Waals surface area contributed by atoms with Crippen molar-refractivity contribution in [1.82, 2.24) is 15.1 Å². The van der Waals surface area contributed by atoms with Gasteiger partial charge in [-0.3, -0.25) is 14.3 Å². The van der Waals surface area contributed by atoms with Gasteiger partial charge in [-0.15, -0.1) is 0 Å². The lowest BCUT2D eigenvalue weighted by molar-refractivity contribution is -0.137. The fourth-order valence-electron chi connectivity index (χ4n) is 1.50. The monoisotopic (exact) mass is 254 g/mol. The van der Waals surface area contributed by atoms with Gasteiger partial charge in [0.1, 0.15) is 0 Å². The predicted octanol–water partition coefficient (Wildman–Crippen LogP) is -0.729. The predicted molar refractivity (Wildman–Crippen MR) is 64.8 cm³/mol. The molecule has 0 radical (unpaired) electrons. The van der Waals surface area contributed by atoms with Crippen molar-refractivity contribution in [1.29, 1.82) is 0 Å². The van der Waals surface area contributed by atoms with Gasteiger partial charge in [0.15, 0.2) is 0 Å². The molecule has 18 heavy (non-hydrogen) atoms. The first-order chi connectivity index (χ1) is 8.50. The van der Waals surface area contributed by atoms with Crippen molar-refractivity contribution in [3.8, 4) is 0 Å². The van der Waals surface area contributed by atoms with Crippen molar-refractivity contribution in [2.45, 2.75) is 25.3 Å². The topological polar surface area (TPSA) is 110 Å². The van der Waals surface area contributed by atoms with Crippen molar-refractivity contribution in [2.75, 3.05) is 6.54 Å². The van der Waals surface area contributed by atoms with Crippen molar-refractivity contribution < 1.29 is 14.7 Å². The number of rotatable bonds is 7. The van der Waals surface area contributed by atoms with Gasteiger partial charge in [-0.25, -0.2) is 0 Å². The second kappa shape index (κ2) is 6.75. The largest absolute Gasteiger partial charge is 0.481 e. The maximum Gasteiger partial charge on any atom is 0.303 e. The van der Waals surface area contributed by atoms with E-state index in [-0.39, 0.29) is 18.7 Å². The number of amides is 1. The van der Waals surface area contributed by atoms with E-state index in [2.05, 4.69) is 10.4 Å². The summed E-state index contributed by atoms with van der Waals surface area (Å²) >= 11 is 0. The number of nitrogens with zero attached hydrogens (tertiary/aromatic N) is 2. The molecule has 1 heterocycles. The third kappa shape index (κ3) is 4.54. The Labute approximate surface area is 105 Å². The summed E-state index contributed by atoms with van der Waals surface area (Å²) in [6.45, 7) is 0.457. The van der Waals surface area contributed by atoms with Crippen LogP contribution >= 0.6 is 0 Å². The van der Waals surface area contributed by atoms with E-state index in [1.807, 2.05) is 13.1 Å². The number of carboxylic acid groups (broad SMARTS) is 1. The summed E-state index contributed by atoms with van der Waals surface area (Å²) in [6, 6.07) is 1.10. The number of hydrogen-bond donors (Lipinski definition) is 3. The molecule has 0 spiro atoms. The number of nitrogens with one attached hydrogen (secondary N) is 1. The summed E-state index contributed by atoms with van der Waals surface area (Å²) in [5.41, 5.74) is 6.57. The molecule has 0 aliphatic heterocycles. The van der Waals surface area contributed by atoms with Crippen LogP contribution in [0.2, 0.25) is 0 Å². The van der Waals surface area contributed by atoms with Crippen LogP contribution < -0.4 is 11.1 Å². The lowest BCUT2D eigenvalue weighted by Crippen LogP contribution is -2.41. The molecular weight excluding hydrogens is 236 g/mol. The zero-order valence-corrected chi connectivity index (χ0v) is 10.3. The second-order valence-corrected chi connectivity index (χ2v) is 4.03. The molecule has 1 unspecified atom stereocenters. The molecule has 0 aliphatic rings. The third-order valence-electron chi connectivity index (χ3n) is 2.61. The van der Waals surface area contributed by atoms with E-state index in [4.69, 9.17) is 10.8 Å². The molecular formula is C11H18N4O3. The first kappa shape index (κ1) is 14.2. The van der Waals surface area contributed by atoms with Crippen molar-refractivity contribution in [2.24, 2.45) is 12.8 Å². The number of carbonyl (C=O) groups is 2. The highest BCUT2D eigenvalue weighted by molar-refractivity contribution is 5.82. The van der Waals surface area contributed by atoms with Crippen LogP contribution in [0.25, 0.3) is 0 Å². The lowest BCUT2D eigenvalue weighted by atomic mass is 10.1. The normalized spacial score (nSPS) is 12.1. The molecule has 7 nitrogen and oxygen atoms in total. The molecule has 0 fully saturated rings.